The van der Waals surface area contributed by atoms with Gasteiger partial charge >= 0.3 is 0 Å². The fourth-order valence-electron chi connectivity index (χ4n) is 3.42. The Labute approximate surface area is 142 Å². The molecule has 0 bridgehead atoms. The van der Waals surface area contributed by atoms with Crippen LogP contribution in [0.3, 0.4) is 0 Å². The van der Waals surface area contributed by atoms with Crippen LogP contribution >= 0.6 is 0 Å². The Kier molecular flexibility index (Phi) is 4.86. The minimum Gasteiger partial charge on any atom is -0.497 e. The Morgan fingerprint density at radius 2 is 1.96 bits per heavy atom. The van der Waals surface area contributed by atoms with E-state index in [4.69, 9.17) is 9.47 Å². The zero-order valence-corrected chi connectivity index (χ0v) is 14.0. The van der Waals surface area contributed by atoms with Crippen LogP contribution in [-0.4, -0.2) is 25.1 Å². The number of carbonyl (C=O) groups is 1. The number of Topliss-reactive ketones (excluding diaryl/α,β-unsaturated/α-hetero) is 1. The lowest BCUT2D eigenvalue weighted by Crippen LogP contribution is -2.13. The van der Waals surface area contributed by atoms with E-state index in [0.717, 1.165) is 47.3 Å². The highest BCUT2D eigenvalue weighted by atomic mass is 16.5. The molecule has 0 radical (unpaired) electrons. The van der Waals surface area contributed by atoms with Gasteiger partial charge in [-0.1, -0.05) is 18.2 Å². The van der Waals surface area contributed by atoms with Crippen molar-refractivity contribution in [3.8, 4) is 11.5 Å². The van der Waals surface area contributed by atoms with Crippen molar-refractivity contribution < 1.29 is 19.4 Å². The molecule has 0 saturated heterocycles. The third-order valence-electron chi connectivity index (χ3n) is 4.69. The highest BCUT2D eigenvalue weighted by molar-refractivity contribution is 6.03. The highest BCUT2D eigenvalue weighted by Crippen LogP contribution is 2.38. The van der Waals surface area contributed by atoms with Crippen LogP contribution in [-0.2, 0) is 13.0 Å². The number of fused-ring (bicyclic) bond motifs is 1. The van der Waals surface area contributed by atoms with Crippen molar-refractivity contribution in [3.05, 3.63) is 58.7 Å². The minimum absolute atomic E-state index is 0.00535. The van der Waals surface area contributed by atoms with Crippen molar-refractivity contribution >= 4 is 5.78 Å². The number of hydrogen-bond donors (Lipinski definition) is 1. The van der Waals surface area contributed by atoms with Crippen LogP contribution in [0.5, 0.6) is 11.5 Å². The molecule has 0 spiro atoms. The number of aliphatic hydroxyl groups excluding tert-OH is 1. The smallest absolute Gasteiger partial charge is 0.170 e. The van der Waals surface area contributed by atoms with E-state index in [1.807, 2.05) is 36.4 Å². The van der Waals surface area contributed by atoms with Crippen LogP contribution < -0.4 is 9.47 Å². The number of benzene rings is 2. The van der Waals surface area contributed by atoms with E-state index in [1.54, 1.807) is 14.2 Å². The number of ketones is 1. The first-order chi connectivity index (χ1) is 11.7. The van der Waals surface area contributed by atoms with E-state index >= 15 is 0 Å². The van der Waals surface area contributed by atoms with Gasteiger partial charge in [-0.3, -0.25) is 4.79 Å². The van der Waals surface area contributed by atoms with Crippen molar-refractivity contribution in [2.24, 2.45) is 0 Å². The summed E-state index contributed by atoms with van der Waals surface area (Å²) in [5.41, 5.74) is 3.50. The molecule has 0 saturated carbocycles. The lowest BCUT2D eigenvalue weighted by atomic mass is 9.87. The van der Waals surface area contributed by atoms with E-state index in [-0.39, 0.29) is 18.3 Å². The molecular formula is C20H22O4. The van der Waals surface area contributed by atoms with Gasteiger partial charge in [0.15, 0.2) is 5.78 Å². The van der Waals surface area contributed by atoms with Crippen molar-refractivity contribution in [2.45, 2.75) is 31.8 Å². The number of rotatable bonds is 4. The normalized spacial score (nSPS) is 17.1. The summed E-state index contributed by atoms with van der Waals surface area (Å²) >= 11 is 0. The first-order valence-electron chi connectivity index (χ1n) is 8.16. The standard InChI is InChI=1S/C20H22O4/c1-23-15-7-9-19(24-2)18(11-15)17-5-3-4-14-10-13(12-21)6-8-16(14)20(17)22/h6-11,17,21H,3-5,12H2,1-2H3. The number of carbonyl (C=O) groups excluding carboxylic acids is 1. The third-order valence-corrected chi connectivity index (χ3v) is 4.69. The largest absolute Gasteiger partial charge is 0.497 e. The SMILES string of the molecule is COc1ccc(OC)c(C2CCCc3cc(CO)ccc3C2=O)c1. The molecule has 4 nitrogen and oxygen atoms in total. The number of ether oxygens (including phenoxy) is 2. The molecule has 1 aliphatic carbocycles. The molecule has 0 aromatic heterocycles. The maximum absolute atomic E-state index is 13.1. The van der Waals surface area contributed by atoms with Crippen LogP contribution in [0.4, 0.5) is 0 Å². The molecule has 1 atom stereocenters. The zero-order valence-electron chi connectivity index (χ0n) is 14.0. The second-order valence-corrected chi connectivity index (χ2v) is 6.07. The molecule has 1 aliphatic rings. The van der Waals surface area contributed by atoms with Crippen molar-refractivity contribution in [1.82, 2.24) is 0 Å². The molecule has 24 heavy (non-hydrogen) atoms. The van der Waals surface area contributed by atoms with Crippen LogP contribution in [0, 0.1) is 0 Å². The Bertz CT molecular complexity index is 751. The Balaban J connectivity index is 2.04. The van der Waals surface area contributed by atoms with Crippen molar-refractivity contribution in [3.63, 3.8) is 0 Å². The molecule has 0 aliphatic heterocycles. The average molecular weight is 326 g/mol. The van der Waals surface area contributed by atoms with Gasteiger partial charge in [0.05, 0.1) is 26.7 Å². The zero-order chi connectivity index (χ0) is 17.1. The van der Waals surface area contributed by atoms with E-state index < -0.39 is 0 Å². The molecule has 0 heterocycles. The van der Waals surface area contributed by atoms with Gasteiger partial charge < -0.3 is 14.6 Å². The van der Waals surface area contributed by atoms with Crippen molar-refractivity contribution in [2.75, 3.05) is 14.2 Å². The van der Waals surface area contributed by atoms with Gasteiger partial charge in [0.2, 0.25) is 0 Å². The molecule has 1 N–H and O–H groups in total. The summed E-state index contributed by atoms with van der Waals surface area (Å²) in [4.78, 5) is 13.1. The maximum atomic E-state index is 13.1. The van der Waals surface area contributed by atoms with Crippen molar-refractivity contribution in [1.29, 1.82) is 0 Å². The molecule has 2 aromatic rings. The van der Waals surface area contributed by atoms with Gasteiger partial charge in [-0.05, 0) is 48.6 Å². The fraction of sp³-hybridized carbons (Fsp3) is 0.350. The molecule has 3 rings (SSSR count). The lowest BCUT2D eigenvalue weighted by molar-refractivity contribution is 0.0956. The van der Waals surface area contributed by atoms with E-state index in [0.29, 0.717) is 5.75 Å². The molecule has 4 heteroatoms. The maximum Gasteiger partial charge on any atom is 0.170 e. The summed E-state index contributed by atoms with van der Waals surface area (Å²) in [6.45, 7) is -0.00535. The predicted molar refractivity (Wildman–Crippen MR) is 91.9 cm³/mol. The fourth-order valence-corrected chi connectivity index (χ4v) is 3.42. The van der Waals surface area contributed by atoms with Gasteiger partial charge in [0.1, 0.15) is 11.5 Å². The Hall–Kier alpha value is -2.33. The Morgan fingerprint density at radius 3 is 2.67 bits per heavy atom. The van der Waals surface area contributed by atoms with Gasteiger partial charge in [0, 0.05) is 11.1 Å². The summed E-state index contributed by atoms with van der Waals surface area (Å²) < 4.78 is 10.8. The van der Waals surface area contributed by atoms with Crippen LogP contribution in [0.2, 0.25) is 0 Å². The quantitative estimate of drug-likeness (QED) is 0.874. The highest BCUT2D eigenvalue weighted by Gasteiger charge is 2.29. The number of methoxy groups -OCH3 is 2. The van der Waals surface area contributed by atoms with Crippen LogP contribution in [0.1, 0.15) is 45.8 Å². The van der Waals surface area contributed by atoms with Crippen LogP contribution in [0.25, 0.3) is 0 Å². The van der Waals surface area contributed by atoms with E-state index in [9.17, 15) is 9.90 Å². The average Bonchev–Trinajstić information content (AvgIpc) is 2.79. The summed E-state index contributed by atoms with van der Waals surface area (Å²) in [6.07, 6.45) is 2.53. The second-order valence-electron chi connectivity index (χ2n) is 6.07. The molecular weight excluding hydrogens is 304 g/mol. The monoisotopic (exact) mass is 326 g/mol. The van der Waals surface area contributed by atoms with Gasteiger partial charge in [-0.25, -0.2) is 0 Å². The third kappa shape index (κ3) is 3.02. The summed E-state index contributed by atoms with van der Waals surface area (Å²) in [7, 11) is 3.24. The number of hydrogen-bond acceptors (Lipinski definition) is 4. The summed E-state index contributed by atoms with van der Waals surface area (Å²) in [5, 5.41) is 9.32. The Morgan fingerprint density at radius 1 is 1.12 bits per heavy atom. The molecule has 2 aromatic carbocycles. The van der Waals surface area contributed by atoms with Gasteiger partial charge in [-0.2, -0.15) is 0 Å². The van der Waals surface area contributed by atoms with Gasteiger partial charge in [-0.15, -0.1) is 0 Å². The lowest BCUT2D eigenvalue weighted by Gasteiger charge is -2.18. The minimum atomic E-state index is -0.240. The molecule has 1 unspecified atom stereocenters. The first kappa shape index (κ1) is 16.5. The topological polar surface area (TPSA) is 55.8 Å². The molecule has 126 valence electrons. The second kappa shape index (κ2) is 7.05. The molecule has 0 fully saturated rings. The number of aliphatic hydroxyl groups is 1. The van der Waals surface area contributed by atoms with Gasteiger partial charge in [0.25, 0.3) is 0 Å². The van der Waals surface area contributed by atoms with E-state index in [1.165, 1.54) is 0 Å². The summed E-state index contributed by atoms with van der Waals surface area (Å²) in [5.74, 6) is 1.30. The van der Waals surface area contributed by atoms with Crippen LogP contribution in [0.15, 0.2) is 36.4 Å². The van der Waals surface area contributed by atoms with E-state index in [2.05, 4.69) is 0 Å². The predicted octanol–water partition coefficient (Wildman–Crippen LogP) is 3.50. The molecule has 0 amide bonds. The first-order valence-corrected chi connectivity index (χ1v) is 8.16. The number of aryl methyl sites for hydroxylation is 1. The summed E-state index contributed by atoms with van der Waals surface area (Å²) in [6, 6.07) is 11.2.